The van der Waals surface area contributed by atoms with E-state index in [0.29, 0.717) is 13.1 Å². The summed E-state index contributed by atoms with van der Waals surface area (Å²) in [7, 11) is 0. The van der Waals surface area contributed by atoms with Crippen LogP contribution in [0.5, 0.6) is 0 Å². The normalized spacial score (nSPS) is 11.4. The second kappa shape index (κ2) is 11.4. The molecule has 0 unspecified atom stereocenters. The van der Waals surface area contributed by atoms with E-state index in [4.69, 9.17) is 0 Å². The van der Waals surface area contributed by atoms with Crippen LogP contribution >= 0.6 is 0 Å². The predicted octanol–water partition coefficient (Wildman–Crippen LogP) is 7.55. The van der Waals surface area contributed by atoms with Crippen molar-refractivity contribution in [2.45, 2.75) is 12.3 Å². The van der Waals surface area contributed by atoms with Crippen LogP contribution in [0.4, 0.5) is 0 Å². The van der Waals surface area contributed by atoms with Gasteiger partial charge in [-0.05, 0) is 47.4 Å². The van der Waals surface area contributed by atoms with E-state index < -0.39 is 0 Å². The molecular weight excluding hydrogens is 440 g/mol. The average molecular weight is 471 g/mol. The van der Waals surface area contributed by atoms with E-state index in [2.05, 4.69) is 89.9 Å². The molecule has 0 saturated carbocycles. The summed E-state index contributed by atoms with van der Waals surface area (Å²) in [6.45, 7) is 1.20. The molecule has 3 heteroatoms. The van der Waals surface area contributed by atoms with E-state index >= 15 is 0 Å². The van der Waals surface area contributed by atoms with Crippen LogP contribution in [0.2, 0.25) is 0 Å². The first-order valence-corrected chi connectivity index (χ1v) is 12.5. The van der Waals surface area contributed by atoms with Gasteiger partial charge in [-0.25, -0.2) is 0 Å². The number of amides is 1. The Kier molecular flexibility index (Phi) is 7.38. The Morgan fingerprint density at radius 1 is 0.750 bits per heavy atom. The number of rotatable bonds is 9. The molecule has 0 saturated heterocycles. The van der Waals surface area contributed by atoms with E-state index in [-0.39, 0.29) is 11.8 Å². The minimum atomic E-state index is 0.0555. The quantitative estimate of drug-likeness (QED) is 0.237. The molecule has 178 valence electrons. The molecule has 5 rings (SSSR count). The lowest BCUT2D eigenvalue weighted by Crippen LogP contribution is -2.33. The monoisotopic (exact) mass is 470 g/mol. The maximum absolute atomic E-state index is 13.5. The van der Waals surface area contributed by atoms with Crippen LogP contribution in [0.1, 0.15) is 39.4 Å². The number of aromatic amines is 1. The van der Waals surface area contributed by atoms with Gasteiger partial charge in [0, 0.05) is 41.7 Å². The molecule has 0 aliphatic heterocycles. The highest BCUT2D eigenvalue weighted by Gasteiger charge is 2.19. The van der Waals surface area contributed by atoms with Crippen molar-refractivity contribution in [3.8, 4) is 0 Å². The van der Waals surface area contributed by atoms with E-state index in [1.54, 1.807) is 0 Å². The van der Waals surface area contributed by atoms with Gasteiger partial charge < -0.3 is 9.88 Å². The van der Waals surface area contributed by atoms with Gasteiger partial charge in [0.2, 0.25) is 0 Å². The van der Waals surface area contributed by atoms with Gasteiger partial charge in [0.1, 0.15) is 0 Å². The standard InChI is InChI=1S/C33H30N2O/c36-33(29-16-8-3-9-17-29)35(24-11-19-28-18-10-20-32-31(28)21-23-34-32)25-22-30(26-12-4-1-5-13-26)27-14-6-2-7-15-27/h1-21,23,30,34H,22,24-25H2. The molecule has 0 bridgehead atoms. The third kappa shape index (κ3) is 5.47. The highest BCUT2D eigenvalue weighted by molar-refractivity contribution is 5.94. The SMILES string of the molecule is O=C(c1ccccc1)N(CC=Cc1cccc2[nH]ccc12)CCC(c1ccccc1)c1ccccc1. The Morgan fingerprint density at radius 2 is 1.39 bits per heavy atom. The summed E-state index contributed by atoms with van der Waals surface area (Å²) in [4.78, 5) is 18.8. The molecule has 0 atom stereocenters. The lowest BCUT2D eigenvalue weighted by Gasteiger charge is -2.25. The van der Waals surface area contributed by atoms with E-state index in [9.17, 15) is 4.79 Å². The smallest absolute Gasteiger partial charge is 0.254 e. The Morgan fingerprint density at radius 3 is 2.06 bits per heavy atom. The molecule has 4 aromatic carbocycles. The van der Waals surface area contributed by atoms with Crippen LogP contribution in [0, 0.1) is 0 Å². The second-order valence-electron chi connectivity index (χ2n) is 8.97. The summed E-state index contributed by atoms with van der Waals surface area (Å²) in [6, 6.07) is 39.1. The molecule has 3 nitrogen and oxygen atoms in total. The zero-order chi connectivity index (χ0) is 24.6. The topological polar surface area (TPSA) is 36.1 Å². The molecule has 0 aliphatic carbocycles. The van der Waals surface area contributed by atoms with Gasteiger partial charge in [-0.15, -0.1) is 0 Å². The maximum atomic E-state index is 13.5. The molecule has 0 fully saturated rings. The number of hydrogen-bond acceptors (Lipinski definition) is 1. The van der Waals surface area contributed by atoms with Gasteiger partial charge in [-0.3, -0.25) is 4.79 Å². The lowest BCUT2D eigenvalue weighted by molar-refractivity contribution is 0.0770. The van der Waals surface area contributed by atoms with Crippen LogP contribution in [0.3, 0.4) is 0 Å². The van der Waals surface area contributed by atoms with Gasteiger partial charge in [0.15, 0.2) is 0 Å². The third-order valence-electron chi connectivity index (χ3n) is 6.65. The van der Waals surface area contributed by atoms with Crippen molar-refractivity contribution in [3.63, 3.8) is 0 Å². The van der Waals surface area contributed by atoms with Crippen LogP contribution in [0.15, 0.2) is 128 Å². The third-order valence-corrected chi connectivity index (χ3v) is 6.65. The van der Waals surface area contributed by atoms with Crippen LogP contribution in [-0.2, 0) is 0 Å². The molecule has 1 heterocycles. The predicted molar refractivity (Wildman–Crippen MR) is 149 cm³/mol. The number of H-pyrrole nitrogens is 1. The minimum absolute atomic E-state index is 0.0555. The number of aromatic nitrogens is 1. The summed E-state index contributed by atoms with van der Waals surface area (Å²) < 4.78 is 0. The average Bonchev–Trinajstić information content (AvgIpc) is 3.43. The Hall–Kier alpha value is -4.37. The van der Waals surface area contributed by atoms with Gasteiger partial charge >= 0.3 is 0 Å². The molecule has 1 N–H and O–H groups in total. The molecule has 1 aromatic heterocycles. The van der Waals surface area contributed by atoms with Crippen molar-refractivity contribution in [2.75, 3.05) is 13.1 Å². The number of fused-ring (bicyclic) bond motifs is 1. The van der Waals surface area contributed by atoms with Gasteiger partial charge in [0.25, 0.3) is 5.91 Å². The zero-order valence-corrected chi connectivity index (χ0v) is 20.3. The Labute approximate surface area is 212 Å². The largest absolute Gasteiger partial charge is 0.361 e. The lowest BCUT2D eigenvalue weighted by atomic mass is 9.88. The van der Waals surface area contributed by atoms with Crippen molar-refractivity contribution < 1.29 is 4.79 Å². The number of hydrogen-bond donors (Lipinski definition) is 1. The first-order valence-electron chi connectivity index (χ1n) is 12.5. The van der Waals surface area contributed by atoms with Crippen molar-refractivity contribution in [1.29, 1.82) is 0 Å². The molecule has 0 aliphatic rings. The summed E-state index contributed by atoms with van der Waals surface area (Å²) in [5.41, 5.74) is 5.51. The van der Waals surface area contributed by atoms with Crippen molar-refractivity contribution in [2.24, 2.45) is 0 Å². The van der Waals surface area contributed by atoms with Crippen LogP contribution in [0.25, 0.3) is 17.0 Å². The summed E-state index contributed by atoms with van der Waals surface area (Å²) in [6.07, 6.45) is 7.02. The highest BCUT2D eigenvalue weighted by Crippen LogP contribution is 2.28. The number of nitrogens with one attached hydrogen (secondary N) is 1. The fourth-order valence-electron chi connectivity index (χ4n) is 4.78. The van der Waals surface area contributed by atoms with Crippen molar-refractivity contribution in [3.05, 3.63) is 150 Å². The fraction of sp³-hybridized carbons (Fsp3) is 0.121. The molecule has 36 heavy (non-hydrogen) atoms. The fourth-order valence-corrected chi connectivity index (χ4v) is 4.78. The molecule has 0 radical (unpaired) electrons. The maximum Gasteiger partial charge on any atom is 0.254 e. The van der Waals surface area contributed by atoms with Crippen LogP contribution < -0.4 is 0 Å². The molecular formula is C33H30N2O. The number of nitrogens with zero attached hydrogens (tertiary/aromatic N) is 1. The minimum Gasteiger partial charge on any atom is -0.361 e. The first kappa shape index (κ1) is 23.4. The number of carbonyl (C=O) groups is 1. The number of carbonyl (C=O) groups excluding carboxylic acids is 1. The van der Waals surface area contributed by atoms with Crippen molar-refractivity contribution >= 4 is 22.9 Å². The van der Waals surface area contributed by atoms with Crippen LogP contribution in [-0.4, -0.2) is 28.9 Å². The highest BCUT2D eigenvalue weighted by atomic mass is 16.2. The summed E-state index contributed by atoms with van der Waals surface area (Å²) in [5.74, 6) is 0.274. The Bertz CT molecular complexity index is 1380. The Balaban J connectivity index is 1.39. The van der Waals surface area contributed by atoms with E-state index in [0.717, 1.165) is 23.1 Å². The molecule has 0 spiro atoms. The summed E-state index contributed by atoms with van der Waals surface area (Å²) in [5, 5.41) is 1.18. The van der Waals surface area contributed by atoms with Gasteiger partial charge in [0.05, 0.1) is 0 Å². The van der Waals surface area contributed by atoms with Gasteiger partial charge in [-0.2, -0.15) is 0 Å². The summed E-state index contributed by atoms with van der Waals surface area (Å²) >= 11 is 0. The first-order chi connectivity index (χ1) is 17.8. The van der Waals surface area contributed by atoms with E-state index in [1.807, 2.05) is 53.6 Å². The van der Waals surface area contributed by atoms with Crippen molar-refractivity contribution in [1.82, 2.24) is 9.88 Å². The second-order valence-corrected chi connectivity index (χ2v) is 8.97. The molecule has 5 aromatic rings. The zero-order valence-electron chi connectivity index (χ0n) is 20.3. The molecule has 1 amide bonds. The van der Waals surface area contributed by atoms with E-state index in [1.165, 1.54) is 16.5 Å². The number of benzene rings is 4. The van der Waals surface area contributed by atoms with Gasteiger partial charge in [-0.1, -0.05) is 103 Å².